The molecule has 0 heterocycles. The van der Waals surface area contributed by atoms with Crippen LogP contribution in [0.4, 0.5) is 11.4 Å². The van der Waals surface area contributed by atoms with Crippen molar-refractivity contribution in [2.24, 2.45) is 0 Å². The predicted molar refractivity (Wildman–Crippen MR) is 108 cm³/mol. The normalized spacial score (nSPS) is 10.1. The minimum Gasteiger partial charge on any atom is -0.493 e. The fourth-order valence-electron chi connectivity index (χ4n) is 2.57. The number of anilines is 2. The monoisotopic (exact) mass is 383 g/mol. The number of carbonyl (C=O) groups excluding carboxylic acids is 3. The van der Waals surface area contributed by atoms with E-state index >= 15 is 0 Å². The predicted octanol–water partition coefficient (Wildman–Crippen LogP) is 2.58. The molecule has 0 aliphatic heterocycles. The number of ether oxygens (including phenoxy) is 1. The van der Waals surface area contributed by atoms with Gasteiger partial charge in [0.1, 0.15) is 5.75 Å². The Kier molecular flexibility index (Phi) is 8.02. The van der Waals surface area contributed by atoms with Gasteiger partial charge in [0.25, 0.3) is 0 Å². The second-order valence-electron chi connectivity index (χ2n) is 6.16. The van der Waals surface area contributed by atoms with Crippen LogP contribution in [-0.4, -0.2) is 37.4 Å². The van der Waals surface area contributed by atoms with E-state index in [9.17, 15) is 14.4 Å². The lowest BCUT2D eigenvalue weighted by atomic mass is 10.2. The Hall–Kier alpha value is -3.35. The lowest BCUT2D eigenvalue weighted by molar-refractivity contribution is -0.122. The molecule has 2 rings (SSSR count). The van der Waals surface area contributed by atoms with E-state index in [0.29, 0.717) is 24.5 Å². The second-order valence-corrected chi connectivity index (χ2v) is 6.16. The highest BCUT2D eigenvalue weighted by Crippen LogP contribution is 2.18. The highest BCUT2D eigenvalue weighted by Gasteiger charge is 2.12. The van der Waals surface area contributed by atoms with Gasteiger partial charge in [-0.25, -0.2) is 0 Å². The van der Waals surface area contributed by atoms with E-state index in [1.807, 2.05) is 30.3 Å². The maximum Gasteiger partial charge on any atom is 0.223 e. The number of para-hydroxylation sites is 1. The molecule has 0 saturated heterocycles. The molecule has 2 aromatic rings. The molecule has 0 radical (unpaired) electrons. The van der Waals surface area contributed by atoms with Crippen LogP contribution in [0.25, 0.3) is 0 Å². The summed E-state index contributed by atoms with van der Waals surface area (Å²) in [7, 11) is 0. The smallest absolute Gasteiger partial charge is 0.223 e. The van der Waals surface area contributed by atoms with Gasteiger partial charge >= 0.3 is 0 Å². The highest BCUT2D eigenvalue weighted by molar-refractivity contribution is 5.92. The molecular weight excluding hydrogens is 358 g/mol. The van der Waals surface area contributed by atoms with Gasteiger partial charge in [0.05, 0.1) is 13.0 Å². The van der Waals surface area contributed by atoms with Crippen LogP contribution in [0.2, 0.25) is 0 Å². The van der Waals surface area contributed by atoms with Crippen LogP contribution in [0.1, 0.15) is 20.3 Å². The first-order valence-corrected chi connectivity index (χ1v) is 9.06. The molecule has 2 aromatic carbocycles. The third-order valence-electron chi connectivity index (χ3n) is 3.88. The minimum absolute atomic E-state index is 0.131. The Bertz CT molecular complexity index is 791. The van der Waals surface area contributed by atoms with E-state index in [4.69, 9.17) is 4.74 Å². The summed E-state index contributed by atoms with van der Waals surface area (Å²) < 4.78 is 5.49. The SMILES string of the molecule is CC(=O)Nc1ccc(N(CCNC(=O)CCOc2ccccc2)C(C)=O)cc1. The lowest BCUT2D eigenvalue weighted by Crippen LogP contribution is -2.37. The number of carbonyl (C=O) groups is 3. The molecule has 148 valence electrons. The van der Waals surface area contributed by atoms with Crippen molar-refractivity contribution in [2.75, 3.05) is 29.9 Å². The fourth-order valence-corrected chi connectivity index (χ4v) is 2.57. The summed E-state index contributed by atoms with van der Waals surface area (Å²) >= 11 is 0. The summed E-state index contributed by atoms with van der Waals surface area (Å²) in [6.07, 6.45) is 0.236. The van der Waals surface area contributed by atoms with Crippen LogP contribution < -0.4 is 20.3 Å². The summed E-state index contributed by atoms with van der Waals surface area (Å²) in [6.45, 7) is 3.87. The Morgan fingerprint density at radius 3 is 2.25 bits per heavy atom. The molecule has 28 heavy (non-hydrogen) atoms. The Labute approximate surface area is 164 Å². The molecule has 0 aliphatic rings. The van der Waals surface area contributed by atoms with Crippen LogP contribution in [0.15, 0.2) is 54.6 Å². The maximum absolute atomic E-state index is 11.9. The topological polar surface area (TPSA) is 87.7 Å². The maximum atomic E-state index is 11.9. The minimum atomic E-state index is -0.157. The van der Waals surface area contributed by atoms with Crippen molar-refractivity contribution in [1.29, 1.82) is 0 Å². The standard InChI is InChI=1S/C21H25N3O4/c1-16(25)23-18-8-10-19(11-9-18)24(17(2)26)14-13-22-21(27)12-15-28-20-6-4-3-5-7-20/h3-11H,12-15H2,1-2H3,(H,22,27)(H,23,25). The van der Waals surface area contributed by atoms with Gasteiger partial charge in [-0.15, -0.1) is 0 Å². The van der Waals surface area contributed by atoms with Crippen LogP contribution in [0.3, 0.4) is 0 Å². The van der Waals surface area contributed by atoms with E-state index in [1.165, 1.54) is 13.8 Å². The van der Waals surface area contributed by atoms with Crippen molar-refractivity contribution >= 4 is 29.1 Å². The molecule has 0 atom stereocenters. The third-order valence-corrected chi connectivity index (χ3v) is 3.88. The number of benzene rings is 2. The van der Waals surface area contributed by atoms with E-state index in [1.54, 1.807) is 29.2 Å². The molecular formula is C21H25N3O4. The Morgan fingerprint density at radius 1 is 0.964 bits per heavy atom. The van der Waals surface area contributed by atoms with Crippen LogP contribution in [-0.2, 0) is 14.4 Å². The van der Waals surface area contributed by atoms with Gasteiger partial charge in [0.15, 0.2) is 0 Å². The third kappa shape index (κ3) is 7.11. The van der Waals surface area contributed by atoms with Crippen molar-refractivity contribution in [3.63, 3.8) is 0 Å². The molecule has 0 aliphatic carbocycles. The Balaban J connectivity index is 1.77. The molecule has 7 heteroatoms. The lowest BCUT2D eigenvalue weighted by Gasteiger charge is -2.21. The summed E-state index contributed by atoms with van der Waals surface area (Å²) in [5, 5.41) is 5.47. The van der Waals surface area contributed by atoms with Gasteiger partial charge < -0.3 is 20.3 Å². The van der Waals surface area contributed by atoms with Gasteiger partial charge in [-0.1, -0.05) is 18.2 Å². The number of amides is 3. The van der Waals surface area contributed by atoms with Gasteiger partial charge in [-0.05, 0) is 36.4 Å². The number of hydrogen-bond acceptors (Lipinski definition) is 4. The van der Waals surface area contributed by atoms with Crippen molar-refractivity contribution in [2.45, 2.75) is 20.3 Å². The van der Waals surface area contributed by atoms with Crippen molar-refractivity contribution in [3.8, 4) is 5.75 Å². The molecule has 0 unspecified atom stereocenters. The molecule has 0 spiro atoms. The largest absolute Gasteiger partial charge is 0.493 e. The summed E-state index contributed by atoms with van der Waals surface area (Å²) in [6, 6.07) is 16.3. The fraction of sp³-hybridized carbons (Fsp3) is 0.286. The van der Waals surface area contributed by atoms with Gasteiger partial charge in [-0.3, -0.25) is 14.4 Å². The second kappa shape index (κ2) is 10.7. The van der Waals surface area contributed by atoms with Gasteiger partial charge in [-0.2, -0.15) is 0 Å². The molecule has 0 aromatic heterocycles. The first kappa shape index (κ1) is 21.0. The van der Waals surface area contributed by atoms with Crippen LogP contribution in [0, 0.1) is 0 Å². The van der Waals surface area contributed by atoms with E-state index < -0.39 is 0 Å². The van der Waals surface area contributed by atoms with E-state index in [2.05, 4.69) is 10.6 Å². The number of nitrogens with zero attached hydrogens (tertiary/aromatic N) is 1. The zero-order chi connectivity index (χ0) is 20.4. The first-order chi connectivity index (χ1) is 13.5. The van der Waals surface area contributed by atoms with Crippen molar-refractivity contribution in [1.82, 2.24) is 5.32 Å². The number of hydrogen-bond donors (Lipinski definition) is 2. The quantitative estimate of drug-likeness (QED) is 0.697. The first-order valence-electron chi connectivity index (χ1n) is 9.06. The zero-order valence-electron chi connectivity index (χ0n) is 16.1. The van der Waals surface area contributed by atoms with Gasteiger partial charge in [0, 0.05) is 38.3 Å². The molecule has 2 N–H and O–H groups in total. The number of nitrogens with one attached hydrogen (secondary N) is 2. The van der Waals surface area contributed by atoms with E-state index in [0.717, 1.165) is 5.75 Å². The number of rotatable bonds is 9. The zero-order valence-corrected chi connectivity index (χ0v) is 16.1. The molecule has 7 nitrogen and oxygen atoms in total. The summed E-state index contributed by atoms with van der Waals surface area (Å²) in [5.41, 5.74) is 1.36. The molecule has 0 saturated carbocycles. The van der Waals surface area contributed by atoms with Gasteiger partial charge in [0.2, 0.25) is 17.7 Å². The molecule has 3 amide bonds. The van der Waals surface area contributed by atoms with Crippen LogP contribution >= 0.6 is 0 Å². The van der Waals surface area contributed by atoms with Crippen molar-refractivity contribution < 1.29 is 19.1 Å². The Morgan fingerprint density at radius 2 is 1.64 bits per heavy atom. The highest BCUT2D eigenvalue weighted by atomic mass is 16.5. The molecule has 0 bridgehead atoms. The average molecular weight is 383 g/mol. The molecule has 0 fully saturated rings. The van der Waals surface area contributed by atoms with Crippen molar-refractivity contribution in [3.05, 3.63) is 54.6 Å². The summed E-state index contributed by atoms with van der Waals surface area (Å²) in [4.78, 5) is 36.5. The van der Waals surface area contributed by atoms with Crippen LogP contribution in [0.5, 0.6) is 5.75 Å². The summed E-state index contributed by atoms with van der Waals surface area (Å²) in [5.74, 6) is 0.297. The average Bonchev–Trinajstić information content (AvgIpc) is 2.66. The van der Waals surface area contributed by atoms with E-state index in [-0.39, 0.29) is 30.7 Å².